The highest BCUT2D eigenvalue weighted by Gasteiger charge is 2.25. The summed E-state index contributed by atoms with van der Waals surface area (Å²) in [4.78, 5) is 18.1. The zero-order valence-corrected chi connectivity index (χ0v) is 13.4. The highest BCUT2D eigenvalue weighted by atomic mass is 16.1. The van der Waals surface area contributed by atoms with Crippen LogP contribution in [0.4, 0.5) is 5.69 Å². The summed E-state index contributed by atoms with van der Waals surface area (Å²) in [7, 11) is 0. The fraction of sp³-hybridized carbons (Fsp3) is 0.412. The van der Waals surface area contributed by atoms with Crippen LogP contribution in [0, 0.1) is 5.92 Å². The summed E-state index contributed by atoms with van der Waals surface area (Å²) in [5.41, 5.74) is 13.5. The summed E-state index contributed by atoms with van der Waals surface area (Å²) in [5, 5.41) is 2.96. The SMILES string of the molecule is C=CCNC(N)=NCc1ccccc1N1CCC[C@@H](C(N)=O)C1. The fourth-order valence-corrected chi connectivity index (χ4v) is 2.78. The minimum atomic E-state index is -0.219. The van der Waals surface area contributed by atoms with Gasteiger partial charge in [-0.2, -0.15) is 0 Å². The van der Waals surface area contributed by atoms with E-state index < -0.39 is 0 Å². The van der Waals surface area contributed by atoms with Crippen LogP contribution in [0.1, 0.15) is 18.4 Å². The summed E-state index contributed by atoms with van der Waals surface area (Å²) in [6.07, 6.45) is 3.56. The van der Waals surface area contributed by atoms with Crippen molar-refractivity contribution in [1.29, 1.82) is 0 Å². The number of hydrogen-bond donors (Lipinski definition) is 3. The van der Waals surface area contributed by atoms with Gasteiger partial charge in [0.25, 0.3) is 0 Å². The van der Waals surface area contributed by atoms with Crippen molar-refractivity contribution in [3.8, 4) is 0 Å². The number of primary amides is 1. The molecule has 0 bridgehead atoms. The monoisotopic (exact) mass is 315 g/mol. The zero-order chi connectivity index (χ0) is 16.7. The average molecular weight is 315 g/mol. The van der Waals surface area contributed by atoms with Crippen molar-refractivity contribution in [2.75, 3.05) is 24.5 Å². The van der Waals surface area contributed by atoms with E-state index in [4.69, 9.17) is 11.5 Å². The van der Waals surface area contributed by atoms with E-state index in [9.17, 15) is 4.79 Å². The molecule has 1 saturated heterocycles. The number of carbonyl (C=O) groups is 1. The predicted molar refractivity (Wildman–Crippen MR) is 94.1 cm³/mol. The number of aliphatic imine (C=N–C) groups is 1. The van der Waals surface area contributed by atoms with Crippen molar-refractivity contribution in [2.24, 2.45) is 22.4 Å². The van der Waals surface area contributed by atoms with Crippen molar-refractivity contribution in [3.05, 3.63) is 42.5 Å². The Kier molecular flexibility index (Phi) is 6.02. The molecular formula is C17H25N5O. The Morgan fingerprint density at radius 1 is 1.43 bits per heavy atom. The second-order valence-corrected chi connectivity index (χ2v) is 5.69. The van der Waals surface area contributed by atoms with Crippen LogP contribution in [-0.2, 0) is 11.3 Å². The van der Waals surface area contributed by atoms with E-state index in [-0.39, 0.29) is 11.8 Å². The van der Waals surface area contributed by atoms with Crippen LogP contribution >= 0.6 is 0 Å². The molecule has 0 aromatic heterocycles. The molecule has 124 valence electrons. The van der Waals surface area contributed by atoms with Gasteiger partial charge in [0.1, 0.15) is 0 Å². The van der Waals surface area contributed by atoms with Gasteiger partial charge in [-0.15, -0.1) is 6.58 Å². The number of nitrogens with zero attached hydrogens (tertiary/aromatic N) is 2. The third kappa shape index (κ3) is 4.74. The van der Waals surface area contributed by atoms with Gasteiger partial charge in [0.05, 0.1) is 12.5 Å². The third-order valence-corrected chi connectivity index (χ3v) is 4.00. The van der Waals surface area contributed by atoms with Crippen molar-refractivity contribution >= 4 is 17.6 Å². The first-order valence-corrected chi connectivity index (χ1v) is 7.88. The first kappa shape index (κ1) is 16.9. The molecule has 1 atom stereocenters. The first-order chi connectivity index (χ1) is 11.1. The Morgan fingerprint density at radius 2 is 2.22 bits per heavy atom. The van der Waals surface area contributed by atoms with Gasteiger partial charge in [0, 0.05) is 25.3 Å². The molecule has 1 heterocycles. The molecule has 6 nitrogen and oxygen atoms in total. The molecule has 5 N–H and O–H groups in total. The van der Waals surface area contributed by atoms with Crippen LogP contribution in [0.3, 0.4) is 0 Å². The number of rotatable bonds is 6. The predicted octanol–water partition coefficient (Wildman–Crippen LogP) is 0.979. The number of hydrogen-bond acceptors (Lipinski definition) is 3. The van der Waals surface area contributed by atoms with E-state index in [1.807, 2.05) is 18.2 Å². The minimum absolute atomic E-state index is 0.0837. The van der Waals surface area contributed by atoms with Crippen LogP contribution in [0.2, 0.25) is 0 Å². The summed E-state index contributed by atoms with van der Waals surface area (Å²) in [6, 6.07) is 8.07. The maximum Gasteiger partial charge on any atom is 0.222 e. The molecule has 0 radical (unpaired) electrons. The average Bonchev–Trinajstić information content (AvgIpc) is 2.58. The maximum atomic E-state index is 11.5. The van der Waals surface area contributed by atoms with Crippen LogP contribution in [-0.4, -0.2) is 31.5 Å². The smallest absolute Gasteiger partial charge is 0.222 e. The van der Waals surface area contributed by atoms with Crippen LogP contribution in [0.25, 0.3) is 0 Å². The van der Waals surface area contributed by atoms with Crippen molar-refractivity contribution in [1.82, 2.24) is 5.32 Å². The van der Waals surface area contributed by atoms with Crippen LogP contribution in [0.5, 0.6) is 0 Å². The Bertz CT molecular complexity index is 584. The van der Waals surface area contributed by atoms with Gasteiger partial charge in [-0.3, -0.25) is 4.79 Å². The number of para-hydroxylation sites is 1. The highest BCUT2D eigenvalue weighted by molar-refractivity contribution is 5.78. The molecule has 1 amide bonds. The quantitative estimate of drug-likeness (QED) is 0.414. The lowest BCUT2D eigenvalue weighted by Gasteiger charge is -2.34. The lowest BCUT2D eigenvalue weighted by atomic mass is 9.96. The van der Waals surface area contributed by atoms with Gasteiger partial charge in [-0.25, -0.2) is 4.99 Å². The normalized spacial score (nSPS) is 18.5. The third-order valence-electron chi connectivity index (χ3n) is 4.00. The number of guanidine groups is 1. The minimum Gasteiger partial charge on any atom is -0.370 e. The van der Waals surface area contributed by atoms with E-state index in [1.165, 1.54) is 0 Å². The number of amides is 1. The van der Waals surface area contributed by atoms with E-state index in [0.29, 0.717) is 25.6 Å². The maximum absolute atomic E-state index is 11.5. The second-order valence-electron chi connectivity index (χ2n) is 5.69. The molecule has 0 saturated carbocycles. The number of anilines is 1. The van der Waals surface area contributed by atoms with E-state index in [1.54, 1.807) is 6.08 Å². The molecule has 0 unspecified atom stereocenters. The lowest BCUT2D eigenvalue weighted by Crippen LogP contribution is -2.41. The number of nitrogens with two attached hydrogens (primary N) is 2. The van der Waals surface area contributed by atoms with Crippen molar-refractivity contribution < 1.29 is 4.79 Å². The van der Waals surface area contributed by atoms with E-state index in [2.05, 4.69) is 27.9 Å². The molecular weight excluding hydrogens is 290 g/mol. The summed E-state index contributed by atoms with van der Waals surface area (Å²) in [5.74, 6) is 0.0936. The molecule has 23 heavy (non-hydrogen) atoms. The fourth-order valence-electron chi connectivity index (χ4n) is 2.78. The molecule has 1 fully saturated rings. The Hall–Kier alpha value is -2.50. The Labute approximate surface area is 137 Å². The van der Waals surface area contributed by atoms with E-state index >= 15 is 0 Å². The summed E-state index contributed by atoms with van der Waals surface area (Å²) < 4.78 is 0. The highest BCUT2D eigenvalue weighted by Crippen LogP contribution is 2.26. The molecule has 6 heteroatoms. The first-order valence-electron chi connectivity index (χ1n) is 7.88. The lowest BCUT2D eigenvalue weighted by molar-refractivity contribution is -0.122. The molecule has 1 aliphatic heterocycles. The van der Waals surface area contributed by atoms with Gasteiger partial charge in [-0.1, -0.05) is 24.3 Å². The molecule has 0 spiro atoms. The van der Waals surface area contributed by atoms with Crippen LogP contribution in [0.15, 0.2) is 41.9 Å². The van der Waals surface area contributed by atoms with E-state index in [0.717, 1.165) is 30.6 Å². The summed E-state index contributed by atoms with van der Waals surface area (Å²) in [6.45, 7) is 6.30. The summed E-state index contributed by atoms with van der Waals surface area (Å²) >= 11 is 0. The Balaban J connectivity index is 2.10. The molecule has 2 rings (SSSR count). The molecule has 1 aromatic rings. The largest absolute Gasteiger partial charge is 0.370 e. The number of benzene rings is 1. The number of piperidine rings is 1. The standard InChI is InChI=1S/C17H25N5O/c1-2-9-20-17(19)21-11-13-6-3-4-8-15(13)22-10-5-7-14(12-22)16(18)23/h2-4,6,8,14H,1,5,7,9-12H2,(H2,18,23)(H3,19,20,21)/t14-/m1/s1. The van der Waals surface area contributed by atoms with Gasteiger partial charge < -0.3 is 21.7 Å². The van der Waals surface area contributed by atoms with Crippen LogP contribution < -0.4 is 21.7 Å². The number of carbonyl (C=O) groups excluding carboxylic acids is 1. The molecule has 1 aromatic carbocycles. The number of nitrogens with one attached hydrogen (secondary N) is 1. The Morgan fingerprint density at radius 3 is 2.96 bits per heavy atom. The second kappa shape index (κ2) is 8.22. The topological polar surface area (TPSA) is 96.7 Å². The van der Waals surface area contributed by atoms with Gasteiger partial charge in [0.15, 0.2) is 5.96 Å². The van der Waals surface area contributed by atoms with Crippen molar-refractivity contribution in [2.45, 2.75) is 19.4 Å². The van der Waals surface area contributed by atoms with Gasteiger partial charge in [0.2, 0.25) is 5.91 Å². The molecule has 1 aliphatic rings. The van der Waals surface area contributed by atoms with Gasteiger partial charge >= 0.3 is 0 Å². The molecule has 0 aliphatic carbocycles. The zero-order valence-electron chi connectivity index (χ0n) is 13.4. The van der Waals surface area contributed by atoms with Crippen molar-refractivity contribution in [3.63, 3.8) is 0 Å². The van der Waals surface area contributed by atoms with Gasteiger partial charge in [-0.05, 0) is 24.5 Å².